The molecule has 0 radical (unpaired) electrons. The number of hydrogen-bond donors (Lipinski definition) is 0. The van der Waals surface area contributed by atoms with Gasteiger partial charge in [0.2, 0.25) is 0 Å². The van der Waals surface area contributed by atoms with Crippen molar-refractivity contribution in [3.8, 4) is 5.75 Å². The van der Waals surface area contributed by atoms with Crippen molar-refractivity contribution < 1.29 is 13.9 Å². The first-order valence-corrected chi connectivity index (χ1v) is 8.80. The fourth-order valence-corrected chi connectivity index (χ4v) is 3.76. The molecule has 1 amide bonds. The first-order chi connectivity index (χ1) is 11.1. The van der Waals surface area contributed by atoms with E-state index in [2.05, 4.69) is 6.92 Å². The zero-order valence-electron chi connectivity index (χ0n) is 14.1. The smallest absolute Gasteiger partial charge is 0.254 e. The van der Waals surface area contributed by atoms with E-state index in [9.17, 15) is 9.18 Å². The number of hydrogen-bond acceptors (Lipinski definition) is 2. The number of nitrogens with zero attached hydrogens (tertiary/aromatic N) is 1. The highest BCUT2D eigenvalue weighted by Crippen LogP contribution is 2.37. The first-order valence-electron chi connectivity index (χ1n) is 8.80. The van der Waals surface area contributed by atoms with Crippen LogP contribution >= 0.6 is 0 Å². The van der Waals surface area contributed by atoms with E-state index in [0.29, 0.717) is 17.6 Å². The monoisotopic (exact) mass is 319 g/mol. The molecule has 0 saturated heterocycles. The maximum Gasteiger partial charge on any atom is 0.254 e. The Morgan fingerprint density at radius 2 is 1.78 bits per heavy atom. The molecular weight excluding hydrogens is 293 g/mol. The van der Waals surface area contributed by atoms with E-state index in [0.717, 1.165) is 31.6 Å². The molecule has 1 aromatic carbocycles. The Labute approximate surface area is 137 Å². The number of ether oxygens (including phenoxy) is 1. The number of rotatable bonds is 5. The van der Waals surface area contributed by atoms with Crippen molar-refractivity contribution in [3.05, 3.63) is 29.6 Å². The first kappa shape index (κ1) is 16.3. The number of carbonyl (C=O) groups is 1. The van der Waals surface area contributed by atoms with Gasteiger partial charge in [-0.3, -0.25) is 4.79 Å². The standard InChI is InChI=1S/C19H26FNO2/c1-3-13-4-7-15(8-5-13)21(16-9-10-16)19(22)14-6-11-18(23-2)17(20)12-14/h6,11-13,15-16H,3-5,7-10H2,1-2H3. The molecule has 0 aromatic heterocycles. The van der Waals surface area contributed by atoms with Crippen LogP contribution < -0.4 is 4.74 Å². The van der Waals surface area contributed by atoms with E-state index >= 15 is 0 Å². The van der Waals surface area contributed by atoms with Gasteiger partial charge in [0.05, 0.1) is 7.11 Å². The summed E-state index contributed by atoms with van der Waals surface area (Å²) in [5, 5.41) is 0. The molecule has 0 spiro atoms. The van der Waals surface area contributed by atoms with Crippen molar-refractivity contribution in [1.82, 2.24) is 4.90 Å². The van der Waals surface area contributed by atoms with Crippen molar-refractivity contribution in [2.45, 2.75) is 64.0 Å². The quantitative estimate of drug-likeness (QED) is 0.804. The molecule has 0 unspecified atom stereocenters. The summed E-state index contributed by atoms with van der Waals surface area (Å²) in [7, 11) is 1.43. The number of carbonyl (C=O) groups excluding carboxylic acids is 1. The Morgan fingerprint density at radius 3 is 2.26 bits per heavy atom. The fourth-order valence-electron chi connectivity index (χ4n) is 3.76. The lowest BCUT2D eigenvalue weighted by Crippen LogP contribution is -2.43. The number of amides is 1. The summed E-state index contributed by atoms with van der Waals surface area (Å²) in [6.07, 6.45) is 7.96. The lowest BCUT2D eigenvalue weighted by atomic mass is 9.83. The van der Waals surface area contributed by atoms with Crippen molar-refractivity contribution in [2.75, 3.05) is 7.11 Å². The highest BCUT2D eigenvalue weighted by molar-refractivity contribution is 5.95. The molecule has 3 nitrogen and oxygen atoms in total. The third-order valence-electron chi connectivity index (χ3n) is 5.36. The predicted octanol–water partition coefficient (Wildman–Crippen LogP) is 4.41. The van der Waals surface area contributed by atoms with Crippen LogP contribution in [-0.2, 0) is 0 Å². The maximum absolute atomic E-state index is 13.9. The summed E-state index contributed by atoms with van der Waals surface area (Å²) in [6.45, 7) is 2.24. The van der Waals surface area contributed by atoms with Crippen LogP contribution in [0.3, 0.4) is 0 Å². The van der Waals surface area contributed by atoms with E-state index in [1.54, 1.807) is 12.1 Å². The van der Waals surface area contributed by atoms with Crippen LogP contribution in [0, 0.1) is 11.7 Å². The maximum atomic E-state index is 13.9. The van der Waals surface area contributed by atoms with Crippen molar-refractivity contribution in [3.63, 3.8) is 0 Å². The molecule has 1 aromatic rings. The summed E-state index contributed by atoms with van der Waals surface area (Å²) < 4.78 is 18.9. The Morgan fingerprint density at radius 1 is 1.17 bits per heavy atom. The number of methoxy groups -OCH3 is 1. The normalized spacial score (nSPS) is 24.3. The summed E-state index contributed by atoms with van der Waals surface area (Å²) in [4.78, 5) is 15.0. The highest BCUT2D eigenvalue weighted by atomic mass is 19.1. The third kappa shape index (κ3) is 3.51. The van der Waals surface area contributed by atoms with Crippen LogP contribution in [0.1, 0.15) is 62.2 Å². The molecule has 0 heterocycles. The van der Waals surface area contributed by atoms with Gasteiger partial charge in [-0.15, -0.1) is 0 Å². The van der Waals surface area contributed by atoms with Gasteiger partial charge in [0.15, 0.2) is 11.6 Å². The fraction of sp³-hybridized carbons (Fsp3) is 0.632. The molecule has 3 rings (SSSR count). The topological polar surface area (TPSA) is 29.5 Å². The molecule has 2 aliphatic rings. The second-order valence-electron chi connectivity index (χ2n) is 6.88. The lowest BCUT2D eigenvalue weighted by Gasteiger charge is -2.37. The van der Waals surface area contributed by atoms with E-state index in [1.165, 1.54) is 32.4 Å². The molecule has 2 fully saturated rings. The van der Waals surface area contributed by atoms with Gasteiger partial charge in [-0.25, -0.2) is 4.39 Å². The molecular formula is C19H26FNO2. The largest absolute Gasteiger partial charge is 0.494 e. The minimum Gasteiger partial charge on any atom is -0.494 e. The molecule has 0 atom stereocenters. The van der Waals surface area contributed by atoms with Gasteiger partial charge in [0.25, 0.3) is 5.91 Å². The Bertz CT molecular complexity index is 562. The molecule has 126 valence electrons. The van der Waals surface area contributed by atoms with Crippen molar-refractivity contribution in [2.24, 2.45) is 5.92 Å². The van der Waals surface area contributed by atoms with E-state index in [-0.39, 0.29) is 11.7 Å². The molecule has 0 bridgehead atoms. The van der Waals surface area contributed by atoms with Crippen molar-refractivity contribution in [1.29, 1.82) is 0 Å². The van der Waals surface area contributed by atoms with E-state index < -0.39 is 5.82 Å². The van der Waals surface area contributed by atoms with Crippen molar-refractivity contribution >= 4 is 5.91 Å². The zero-order valence-corrected chi connectivity index (χ0v) is 14.1. The molecule has 4 heteroatoms. The summed E-state index contributed by atoms with van der Waals surface area (Å²) >= 11 is 0. The van der Waals surface area contributed by atoms with E-state index in [1.807, 2.05) is 4.90 Å². The minimum absolute atomic E-state index is 0.0194. The van der Waals surface area contributed by atoms with Gasteiger partial charge < -0.3 is 9.64 Å². The highest BCUT2D eigenvalue weighted by Gasteiger charge is 2.39. The zero-order chi connectivity index (χ0) is 16.4. The molecule has 2 saturated carbocycles. The van der Waals surface area contributed by atoms with Crippen LogP contribution in [0.25, 0.3) is 0 Å². The van der Waals surface area contributed by atoms with Crippen LogP contribution in [0.15, 0.2) is 18.2 Å². The Kier molecular flexibility index (Phi) is 4.88. The lowest BCUT2D eigenvalue weighted by molar-refractivity contribution is 0.0586. The van der Waals surface area contributed by atoms with Gasteiger partial charge >= 0.3 is 0 Å². The number of benzene rings is 1. The van der Waals surface area contributed by atoms with Gasteiger partial charge in [-0.2, -0.15) is 0 Å². The van der Waals surface area contributed by atoms with E-state index in [4.69, 9.17) is 4.74 Å². The Hall–Kier alpha value is -1.58. The van der Waals surface area contributed by atoms with Gasteiger partial charge in [0.1, 0.15) is 0 Å². The molecule has 2 aliphatic carbocycles. The summed E-state index contributed by atoms with van der Waals surface area (Å²) in [5.74, 6) is 0.501. The second kappa shape index (κ2) is 6.90. The van der Waals surface area contributed by atoms with Gasteiger partial charge in [0, 0.05) is 17.6 Å². The van der Waals surface area contributed by atoms with Crippen LogP contribution in [0.4, 0.5) is 4.39 Å². The molecule has 0 aliphatic heterocycles. The number of halogens is 1. The predicted molar refractivity (Wildman–Crippen MR) is 88.2 cm³/mol. The average Bonchev–Trinajstić information content (AvgIpc) is 3.40. The summed E-state index contributed by atoms with van der Waals surface area (Å²) in [5.41, 5.74) is 0.438. The van der Waals surface area contributed by atoms with Gasteiger partial charge in [-0.05, 0) is 62.6 Å². The minimum atomic E-state index is -0.469. The second-order valence-corrected chi connectivity index (χ2v) is 6.88. The van der Waals surface area contributed by atoms with Crippen LogP contribution in [-0.4, -0.2) is 30.0 Å². The SMILES string of the molecule is CCC1CCC(N(C(=O)c2ccc(OC)c(F)c2)C2CC2)CC1. The summed E-state index contributed by atoms with van der Waals surface area (Å²) in [6, 6.07) is 5.21. The molecule has 0 N–H and O–H groups in total. The van der Waals surface area contributed by atoms with Crippen LogP contribution in [0.2, 0.25) is 0 Å². The third-order valence-corrected chi connectivity index (χ3v) is 5.36. The van der Waals surface area contributed by atoms with Gasteiger partial charge in [-0.1, -0.05) is 13.3 Å². The Balaban J connectivity index is 1.76. The van der Waals surface area contributed by atoms with Crippen LogP contribution in [0.5, 0.6) is 5.75 Å². The molecule has 23 heavy (non-hydrogen) atoms. The average molecular weight is 319 g/mol.